The number of carbonyl (C=O) groups is 2. The van der Waals surface area contributed by atoms with E-state index in [-0.39, 0.29) is 23.7 Å². The number of hydrogen-bond acceptors (Lipinski definition) is 2. The Bertz CT molecular complexity index is 347. The average Bonchev–Trinajstić information content (AvgIpc) is 2.66. The molecule has 2 bridgehead atoms. The molecule has 3 heteroatoms. The van der Waals surface area contributed by atoms with Crippen LogP contribution < -0.4 is 5.32 Å². The smallest absolute Gasteiger partial charge is 0.233 e. The first kappa shape index (κ1) is 7.30. The van der Waals surface area contributed by atoms with Gasteiger partial charge in [0.05, 0.1) is 11.3 Å². The maximum absolute atomic E-state index is 11.6. The number of fused-ring (bicyclic) bond motifs is 5. The van der Waals surface area contributed by atoms with Crippen molar-refractivity contribution in [2.45, 2.75) is 13.3 Å². The Balaban J connectivity index is 2.17. The molecule has 3 rings (SSSR count). The molecule has 0 aromatic heterocycles. The third-order valence-corrected chi connectivity index (χ3v) is 3.97. The lowest BCUT2D eigenvalue weighted by atomic mass is 9.71. The number of carbonyl (C=O) groups excluding carboxylic acids is 2. The first-order valence-electron chi connectivity index (χ1n) is 4.67. The van der Waals surface area contributed by atoms with Crippen LogP contribution in [-0.2, 0) is 9.59 Å². The number of nitrogens with one attached hydrogen (secondary N) is 1. The van der Waals surface area contributed by atoms with Gasteiger partial charge in [-0.3, -0.25) is 14.9 Å². The van der Waals surface area contributed by atoms with Crippen molar-refractivity contribution in [3.63, 3.8) is 0 Å². The number of rotatable bonds is 0. The highest BCUT2D eigenvalue weighted by Gasteiger charge is 2.64. The second kappa shape index (κ2) is 1.86. The third kappa shape index (κ3) is 0.598. The highest BCUT2D eigenvalue weighted by atomic mass is 16.2. The lowest BCUT2D eigenvalue weighted by Gasteiger charge is -2.27. The number of amides is 2. The van der Waals surface area contributed by atoms with Crippen molar-refractivity contribution in [1.82, 2.24) is 5.32 Å². The van der Waals surface area contributed by atoms with Crippen LogP contribution in [0.4, 0.5) is 0 Å². The summed E-state index contributed by atoms with van der Waals surface area (Å²) in [5.41, 5.74) is -0.434. The average molecular weight is 177 g/mol. The largest absolute Gasteiger partial charge is 0.296 e. The summed E-state index contributed by atoms with van der Waals surface area (Å²) in [5, 5.41) is 2.44. The Labute approximate surface area is 76.2 Å². The van der Waals surface area contributed by atoms with E-state index in [4.69, 9.17) is 0 Å². The van der Waals surface area contributed by atoms with Crippen LogP contribution in [0.2, 0.25) is 0 Å². The van der Waals surface area contributed by atoms with Crippen LogP contribution in [0.1, 0.15) is 13.3 Å². The molecule has 1 saturated carbocycles. The minimum absolute atomic E-state index is 0.0654. The summed E-state index contributed by atoms with van der Waals surface area (Å²) in [4.78, 5) is 23.1. The summed E-state index contributed by atoms with van der Waals surface area (Å²) in [5.74, 6) is 0.370. The molecule has 2 amide bonds. The number of hydrogen-bond donors (Lipinski definition) is 1. The van der Waals surface area contributed by atoms with E-state index in [0.29, 0.717) is 5.92 Å². The molecular formula is C10H11NO2. The van der Waals surface area contributed by atoms with Crippen LogP contribution in [0.3, 0.4) is 0 Å². The van der Waals surface area contributed by atoms with Gasteiger partial charge in [0.2, 0.25) is 11.8 Å². The molecule has 2 aliphatic carbocycles. The van der Waals surface area contributed by atoms with E-state index in [0.717, 1.165) is 6.42 Å². The molecule has 13 heavy (non-hydrogen) atoms. The van der Waals surface area contributed by atoms with Crippen molar-refractivity contribution >= 4 is 11.8 Å². The van der Waals surface area contributed by atoms with Gasteiger partial charge in [-0.15, -0.1) is 0 Å². The first-order chi connectivity index (χ1) is 6.14. The van der Waals surface area contributed by atoms with Crippen LogP contribution in [0, 0.1) is 23.2 Å². The van der Waals surface area contributed by atoms with Crippen molar-refractivity contribution in [2.75, 3.05) is 0 Å². The van der Waals surface area contributed by atoms with Gasteiger partial charge in [-0.2, -0.15) is 0 Å². The molecular weight excluding hydrogens is 166 g/mol. The van der Waals surface area contributed by atoms with Crippen LogP contribution in [0.25, 0.3) is 0 Å². The normalized spacial score (nSPS) is 51.3. The van der Waals surface area contributed by atoms with Gasteiger partial charge in [0.25, 0.3) is 0 Å². The lowest BCUT2D eigenvalue weighted by Crippen LogP contribution is -2.35. The van der Waals surface area contributed by atoms with E-state index >= 15 is 0 Å². The summed E-state index contributed by atoms with van der Waals surface area (Å²) < 4.78 is 0. The zero-order valence-corrected chi connectivity index (χ0v) is 7.41. The van der Waals surface area contributed by atoms with Gasteiger partial charge < -0.3 is 0 Å². The first-order valence-corrected chi connectivity index (χ1v) is 4.67. The fourth-order valence-electron chi connectivity index (χ4n) is 3.20. The number of allylic oxidation sites excluding steroid dienone is 2. The monoisotopic (exact) mass is 177 g/mol. The molecule has 68 valence electrons. The van der Waals surface area contributed by atoms with Gasteiger partial charge in [-0.25, -0.2) is 0 Å². The molecule has 1 N–H and O–H groups in total. The van der Waals surface area contributed by atoms with Crippen molar-refractivity contribution in [3.8, 4) is 0 Å². The zero-order valence-electron chi connectivity index (χ0n) is 7.41. The minimum atomic E-state index is -0.434. The van der Waals surface area contributed by atoms with E-state index in [1.165, 1.54) is 0 Å². The second-order valence-electron chi connectivity index (χ2n) is 4.47. The van der Waals surface area contributed by atoms with Gasteiger partial charge in [-0.05, 0) is 25.2 Å². The predicted octanol–water partition coefficient (Wildman–Crippen LogP) is 0.471. The molecule has 0 spiro atoms. The highest BCUT2D eigenvalue weighted by Crippen LogP contribution is 2.58. The molecule has 0 aromatic rings. The summed E-state index contributed by atoms with van der Waals surface area (Å²) in [6.45, 7) is 1.92. The van der Waals surface area contributed by atoms with E-state index < -0.39 is 5.41 Å². The topological polar surface area (TPSA) is 46.2 Å². The maximum atomic E-state index is 11.6. The lowest BCUT2D eigenvalue weighted by molar-refractivity contribution is -0.129. The van der Waals surface area contributed by atoms with Crippen molar-refractivity contribution in [3.05, 3.63) is 12.2 Å². The Morgan fingerprint density at radius 2 is 2.23 bits per heavy atom. The standard InChI is InChI=1S/C10H11NO2/c1-10-6-3-2-5(4-6)7(10)8(12)11-9(10)13/h2-3,5-7H,4H2,1H3,(H,11,12,13)/t5-,6-,7-,10-/m0/s1. The summed E-state index contributed by atoms with van der Waals surface area (Å²) >= 11 is 0. The Kier molecular flexibility index (Phi) is 1.05. The Morgan fingerprint density at radius 1 is 1.46 bits per heavy atom. The fourth-order valence-corrected chi connectivity index (χ4v) is 3.20. The molecule has 1 saturated heterocycles. The van der Waals surface area contributed by atoms with Gasteiger partial charge in [-0.1, -0.05) is 12.2 Å². The molecule has 1 aliphatic heterocycles. The molecule has 2 fully saturated rings. The molecule has 0 unspecified atom stereocenters. The van der Waals surface area contributed by atoms with Crippen molar-refractivity contribution in [2.24, 2.45) is 23.2 Å². The van der Waals surface area contributed by atoms with Crippen LogP contribution in [0.5, 0.6) is 0 Å². The van der Waals surface area contributed by atoms with E-state index in [1.54, 1.807) is 0 Å². The quantitative estimate of drug-likeness (QED) is 0.432. The van der Waals surface area contributed by atoms with E-state index in [1.807, 2.05) is 6.92 Å². The highest BCUT2D eigenvalue weighted by molar-refractivity contribution is 6.08. The van der Waals surface area contributed by atoms with Crippen molar-refractivity contribution in [1.29, 1.82) is 0 Å². The van der Waals surface area contributed by atoms with Gasteiger partial charge in [0.15, 0.2) is 0 Å². The van der Waals surface area contributed by atoms with Crippen LogP contribution in [0.15, 0.2) is 12.2 Å². The van der Waals surface area contributed by atoms with Crippen LogP contribution in [-0.4, -0.2) is 11.8 Å². The number of imide groups is 1. The van der Waals surface area contributed by atoms with E-state index in [2.05, 4.69) is 17.5 Å². The Hall–Kier alpha value is -1.12. The van der Waals surface area contributed by atoms with Crippen LogP contribution >= 0.6 is 0 Å². The molecule has 1 heterocycles. The SMILES string of the molecule is C[C@@]12C(=O)NC(=O)[C@@H]1[C@H]1C=C[C@H]2C1. The second-order valence-corrected chi connectivity index (χ2v) is 4.47. The molecule has 3 nitrogen and oxygen atoms in total. The van der Waals surface area contributed by atoms with Gasteiger partial charge in [0, 0.05) is 0 Å². The maximum Gasteiger partial charge on any atom is 0.233 e. The molecule has 0 aromatic carbocycles. The third-order valence-electron chi connectivity index (χ3n) is 3.97. The summed E-state index contributed by atoms with van der Waals surface area (Å²) in [6.07, 6.45) is 5.18. The van der Waals surface area contributed by atoms with Crippen molar-refractivity contribution < 1.29 is 9.59 Å². The minimum Gasteiger partial charge on any atom is -0.296 e. The molecule has 0 radical (unpaired) electrons. The predicted molar refractivity (Wildman–Crippen MR) is 45.5 cm³/mol. The molecule has 3 aliphatic rings. The molecule has 4 atom stereocenters. The van der Waals surface area contributed by atoms with Gasteiger partial charge >= 0.3 is 0 Å². The van der Waals surface area contributed by atoms with E-state index in [9.17, 15) is 9.59 Å². The fraction of sp³-hybridized carbons (Fsp3) is 0.600. The summed E-state index contributed by atoms with van der Waals surface area (Å²) in [7, 11) is 0. The summed E-state index contributed by atoms with van der Waals surface area (Å²) in [6, 6.07) is 0. The van der Waals surface area contributed by atoms with Gasteiger partial charge in [0.1, 0.15) is 0 Å². The Morgan fingerprint density at radius 3 is 2.92 bits per heavy atom. The zero-order chi connectivity index (χ0) is 9.22.